The number of nitrogens with zero attached hydrogens (tertiary/aromatic N) is 4. The molecule has 3 rings (SSSR count). The molecule has 126 valence electrons. The van der Waals surface area contributed by atoms with E-state index in [9.17, 15) is 4.79 Å². The summed E-state index contributed by atoms with van der Waals surface area (Å²) >= 11 is 1.14. The number of amides is 1. The molecule has 0 unspecified atom stereocenters. The Morgan fingerprint density at radius 2 is 2.17 bits per heavy atom. The molecule has 0 fully saturated rings. The third-order valence-electron chi connectivity index (χ3n) is 3.91. The number of carbonyl (C=O) groups excluding carboxylic acids is 1. The summed E-state index contributed by atoms with van der Waals surface area (Å²) in [4.78, 5) is 15.1. The number of aryl methyl sites for hydroxylation is 1. The first kappa shape index (κ1) is 16.6. The molecular weight excluding hydrogens is 322 g/mol. The summed E-state index contributed by atoms with van der Waals surface area (Å²) in [7, 11) is 4.14. The van der Waals surface area contributed by atoms with Crippen LogP contribution in [0, 0.1) is 0 Å². The molecule has 24 heavy (non-hydrogen) atoms. The van der Waals surface area contributed by atoms with Crippen LogP contribution in [0.5, 0.6) is 0 Å². The predicted octanol–water partition coefficient (Wildman–Crippen LogP) is 2.87. The van der Waals surface area contributed by atoms with Crippen molar-refractivity contribution in [2.24, 2.45) is 0 Å². The minimum absolute atomic E-state index is 0.145. The molecule has 2 heterocycles. The second-order valence-electron chi connectivity index (χ2n) is 5.94. The fraction of sp³-hybridized carbons (Fsp3) is 0.353. The molecule has 1 N–H and O–H groups in total. The Labute approximate surface area is 145 Å². The zero-order chi connectivity index (χ0) is 17.1. The molecule has 0 atom stereocenters. The minimum atomic E-state index is -0.145. The predicted molar refractivity (Wildman–Crippen MR) is 97.7 cm³/mol. The van der Waals surface area contributed by atoms with Gasteiger partial charge in [0.1, 0.15) is 4.88 Å². The molecule has 2 aromatic heterocycles. The average Bonchev–Trinajstić information content (AvgIpc) is 3.19. The van der Waals surface area contributed by atoms with E-state index < -0.39 is 0 Å². The maximum Gasteiger partial charge on any atom is 0.269 e. The van der Waals surface area contributed by atoms with E-state index in [1.165, 1.54) is 5.52 Å². The van der Waals surface area contributed by atoms with Crippen LogP contribution in [0.3, 0.4) is 0 Å². The summed E-state index contributed by atoms with van der Waals surface area (Å²) in [6.07, 6.45) is 2.79. The van der Waals surface area contributed by atoms with Crippen molar-refractivity contribution >= 4 is 34.0 Å². The molecule has 1 aromatic carbocycles. The molecule has 0 bridgehead atoms. The number of carbonyl (C=O) groups is 1. The van der Waals surface area contributed by atoms with Gasteiger partial charge in [0.05, 0.1) is 5.69 Å². The Hall–Kier alpha value is -2.25. The molecule has 0 radical (unpaired) electrons. The Kier molecular flexibility index (Phi) is 4.92. The zero-order valence-corrected chi connectivity index (χ0v) is 14.9. The van der Waals surface area contributed by atoms with Gasteiger partial charge in [0.25, 0.3) is 5.91 Å². The van der Waals surface area contributed by atoms with E-state index in [-0.39, 0.29) is 5.91 Å². The summed E-state index contributed by atoms with van der Waals surface area (Å²) in [5.41, 5.74) is 2.70. The van der Waals surface area contributed by atoms with Crippen LogP contribution in [-0.2, 0) is 13.0 Å². The summed E-state index contributed by atoms with van der Waals surface area (Å²) in [6.45, 7) is 3.89. The third-order valence-corrected chi connectivity index (χ3v) is 4.68. The first-order valence-electron chi connectivity index (χ1n) is 7.94. The van der Waals surface area contributed by atoms with Crippen LogP contribution in [0.25, 0.3) is 10.9 Å². The molecule has 0 aliphatic rings. The zero-order valence-electron chi connectivity index (χ0n) is 14.1. The molecule has 0 saturated carbocycles. The Morgan fingerprint density at radius 3 is 2.92 bits per heavy atom. The van der Waals surface area contributed by atoms with Gasteiger partial charge in [0, 0.05) is 35.9 Å². The third kappa shape index (κ3) is 3.47. The van der Waals surface area contributed by atoms with Gasteiger partial charge in [-0.2, -0.15) is 0 Å². The van der Waals surface area contributed by atoms with Gasteiger partial charge < -0.3 is 14.8 Å². The van der Waals surface area contributed by atoms with Crippen molar-refractivity contribution < 1.29 is 4.79 Å². The highest BCUT2D eigenvalue weighted by molar-refractivity contribution is 7.08. The quantitative estimate of drug-likeness (QED) is 0.747. The van der Waals surface area contributed by atoms with Crippen LogP contribution >= 0.6 is 11.5 Å². The first-order chi connectivity index (χ1) is 11.6. The van der Waals surface area contributed by atoms with Crippen LogP contribution in [0.15, 0.2) is 30.5 Å². The van der Waals surface area contributed by atoms with Gasteiger partial charge in [-0.3, -0.25) is 4.79 Å². The summed E-state index contributed by atoms with van der Waals surface area (Å²) in [5.74, 6) is -0.145. The van der Waals surface area contributed by atoms with Crippen molar-refractivity contribution in [1.82, 2.24) is 19.1 Å². The number of nitrogens with one attached hydrogen (secondary N) is 1. The topological polar surface area (TPSA) is 63.1 Å². The fourth-order valence-electron chi connectivity index (χ4n) is 2.58. The molecule has 1 amide bonds. The second-order valence-corrected chi connectivity index (χ2v) is 6.70. The lowest BCUT2D eigenvalue weighted by Crippen LogP contribution is -2.17. The number of aromatic nitrogens is 3. The number of fused-ring (bicyclic) bond motifs is 1. The maximum absolute atomic E-state index is 12.4. The van der Waals surface area contributed by atoms with Gasteiger partial charge in [-0.1, -0.05) is 11.4 Å². The molecule has 0 saturated heterocycles. The molecule has 0 aliphatic heterocycles. The van der Waals surface area contributed by atoms with Crippen molar-refractivity contribution in [2.75, 3.05) is 26.0 Å². The molecule has 3 aromatic rings. The van der Waals surface area contributed by atoms with Gasteiger partial charge in [-0.05, 0) is 56.3 Å². The van der Waals surface area contributed by atoms with E-state index in [1.54, 1.807) is 0 Å². The Morgan fingerprint density at radius 1 is 1.33 bits per heavy atom. The van der Waals surface area contributed by atoms with Crippen LogP contribution < -0.4 is 5.32 Å². The van der Waals surface area contributed by atoms with E-state index >= 15 is 0 Å². The van der Waals surface area contributed by atoms with E-state index in [1.807, 2.05) is 25.1 Å². The standard InChI is InChI=1S/C17H21N5OS/c1-4-14-16(24-20-19-14)17(23)18-13-5-6-15-12(11-13)7-8-22(15)10-9-21(2)3/h5-8,11H,4,9-10H2,1-3H3,(H,18,23). The second kappa shape index (κ2) is 7.11. The van der Waals surface area contributed by atoms with E-state index in [2.05, 4.69) is 50.7 Å². The van der Waals surface area contributed by atoms with Gasteiger partial charge in [-0.25, -0.2) is 0 Å². The summed E-state index contributed by atoms with van der Waals surface area (Å²) in [5, 5.41) is 8.05. The van der Waals surface area contributed by atoms with Crippen LogP contribution in [0.4, 0.5) is 5.69 Å². The lowest BCUT2D eigenvalue weighted by atomic mass is 10.2. The summed E-state index contributed by atoms with van der Waals surface area (Å²) < 4.78 is 6.09. The average molecular weight is 343 g/mol. The number of hydrogen-bond donors (Lipinski definition) is 1. The Bertz CT molecular complexity index is 852. The SMILES string of the molecule is CCc1nnsc1C(=O)Nc1ccc2c(ccn2CCN(C)C)c1. The van der Waals surface area contributed by atoms with E-state index in [0.717, 1.165) is 41.4 Å². The highest BCUT2D eigenvalue weighted by Crippen LogP contribution is 2.22. The van der Waals surface area contributed by atoms with Crippen LogP contribution in [-0.4, -0.2) is 45.6 Å². The Balaban J connectivity index is 1.78. The van der Waals surface area contributed by atoms with Gasteiger partial charge >= 0.3 is 0 Å². The van der Waals surface area contributed by atoms with Crippen molar-refractivity contribution in [1.29, 1.82) is 0 Å². The summed E-state index contributed by atoms with van der Waals surface area (Å²) in [6, 6.07) is 8.06. The normalized spacial score (nSPS) is 11.3. The minimum Gasteiger partial charge on any atom is -0.346 e. The monoisotopic (exact) mass is 343 g/mol. The largest absolute Gasteiger partial charge is 0.346 e. The van der Waals surface area contributed by atoms with Crippen LogP contribution in [0.1, 0.15) is 22.3 Å². The fourth-order valence-corrected chi connectivity index (χ4v) is 3.23. The highest BCUT2D eigenvalue weighted by Gasteiger charge is 2.15. The lowest BCUT2D eigenvalue weighted by molar-refractivity contribution is 0.102. The lowest BCUT2D eigenvalue weighted by Gasteiger charge is -2.11. The van der Waals surface area contributed by atoms with Crippen molar-refractivity contribution in [2.45, 2.75) is 19.9 Å². The first-order valence-corrected chi connectivity index (χ1v) is 8.72. The molecule has 0 aliphatic carbocycles. The smallest absolute Gasteiger partial charge is 0.269 e. The number of rotatable bonds is 6. The van der Waals surface area contributed by atoms with Gasteiger partial charge in [-0.15, -0.1) is 5.10 Å². The van der Waals surface area contributed by atoms with Gasteiger partial charge in [0.15, 0.2) is 0 Å². The van der Waals surface area contributed by atoms with Gasteiger partial charge in [0.2, 0.25) is 0 Å². The van der Waals surface area contributed by atoms with Crippen molar-refractivity contribution in [3.05, 3.63) is 41.0 Å². The highest BCUT2D eigenvalue weighted by atomic mass is 32.1. The molecule has 0 spiro atoms. The maximum atomic E-state index is 12.4. The number of likely N-dealkylation sites (N-methyl/N-ethyl adjacent to an activating group) is 1. The molecule has 6 nitrogen and oxygen atoms in total. The van der Waals surface area contributed by atoms with Crippen molar-refractivity contribution in [3.8, 4) is 0 Å². The number of hydrogen-bond acceptors (Lipinski definition) is 5. The molecule has 7 heteroatoms. The number of benzene rings is 1. The number of anilines is 1. The van der Waals surface area contributed by atoms with Crippen LogP contribution in [0.2, 0.25) is 0 Å². The molecular formula is C17H21N5OS. The van der Waals surface area contributed by atoms with E-state index in [0.29, 0.717) is 11.3 Å². The van der Waals surface area contributed by atoms with Crippen molar-refractivity contribution in [3.63, 3.8) is 0 Å². The van der Waals surface area contributed by atoms with E-state index in [4.69, 9.17) is 0 Å².